The van der Waals surface area contributed by atoms with Crippen molar-refractivity contribution in [3.8, 4) is 5.75 Å². The lowest BCUT2D eigenvalue weighted by Crippen LogP contribution is -2.03. The summed E-state index contributed by atoms with van der Waals surface area (Å²) in [5.74, 6) is 0.617. The van der Waals surface area contributed by atoms with Gasteiger partial charge in [-0.15, -0.1) is 0 Å². The molecule has 0 aliphatic rings. The first kappa shape index (κ1) is 13.1. The molecule has 0 aliphatic carbocycles. The number of nitrogens with zero attached hydrogens (tertiary/aromatic N) is 1. The topological polar surface area (TPSA) is 76.4 Å². The highest BCUT2D eigenvalue weighted by atomic mass is 16.6. The van der Waals surface area contributed by atoms with Gasteiger partial charge in [-0.1, -0.05) is 6.92 Å². The Bertz CT molecular complexity index is 382. The van der Waals surface area contributed by atoms with Crippen LogP contribution in [0.25, 0.3) is 0 Å². The zero-order chi connectivity index (χ0) is 12.8. The van der Waals surface area contributed by atoms with E-state index in [1.165, 1.54) is 0 Å². The average Bonchev–Trinajstić information content (AvgIpc) is 2.34. The maximum atomic E-state index is 11.0. The minimum absolute atomic E-state index is 0.0267. The Morgan fingerprint density at radius 1 is 1.29 bits per heavy atom. The zero-order valence-electron chi connectivity index (χ0n) is 10.2. The third kappa shape index (κ3) is 2.99. The fraction of sp³-hybridized carbons (Fsp3) is 0.455. The van der Waals surface area contributed by atoms with Gasteiger partial charge in [0.25, 0.3) is 0 Å². The summed E-state index contributed by atoms with van der Waals surface area (Å²) >= 11 is 0. The van der Waals surface area contributed by atoms with Crippen molar-refractivity contribution >= 4 is 17.1 Å². The van der Waals surface area contributed by atoms with Crippen LogP contribution in [0.3, 0.4) is 0 Å². The lowest BCUT2D eigenvalue weighted by Gasteiger charge is -2.11. The Morgan fingerprint density at radius 2 is 1.82 bits per heavy atom. The van der Waals surface area contributed by atoms with Crippen molar-refractivity contribution in [2.45, 2.75) is 13.3 Å². The maximum Gasteiger partial charge on any atom is 0.315 e. The van der Waals surface area contributed by atoms with Crippen LogP contribution in [0.1, 0.15) is 13.3 Å². The molecule has 0 amide bonds. The highest BCUT2D eigenvalue weighted by molar-refractivity contribution is 5.78. The number of nitro benzene ring substituents is 1. The van der Waals surface area contributed by atoms with Crippen LogP contribution in [-0.4, -0.2) is 25.6 Å². The molecule has 1 rings (SSSR count). The summed E-state index contributed by atoms with van der Waals surface area (Å²) in [6.07, 6.45) is 0.890. The summed E-state index contributed by atoms with van der Waals surface area (Å²) in [5.41, 5.74) is 0.903. The predicted molar refractivity (Wildman–Crippen MR) is 68.0 cm³/mol. The van der Waals surface area contributed by atoms with Gasteiger partial charge >= 0.3 is 5.69 Å². The first-order chi connectivity index (χ1) is 8.13. The Labute approximate surface area is 100 Å². The Balaban J connectivity index is 3.19. The van der Waals surface area contributed by atoms with Crippen LogP contribution in [0.5, 0.6) is 5.75 Å². The molecule has 0 heterocycles. The van der Waals surface area contributed by atoms with Gasteiger partial charge in [0.2, 0.25) is 0 Å². The molecular weight excluding hydrogens is 222 g/mol. The van der Waals surface area contributed by atoms with Crippen LogP contribution in [0.2, 0.25) is 0 Å². The fourth-order valence-electron chi connectivity index (χ4n) is 1.49. The third-order valence-corrected chi connectivity index (χ3v) is 2.28. The van der Waals surface area contributed by atoms with E-state index in [-0.39, 0.29) is 5.69 Å². The number of anilines is 2. The molecule has 1 aromatic rings. The third-order valence-electron chi connectivity index (χ3n) is 2.28. The van der Waals surface area contributed by atoms with Gasteiger partial charge in [-0.3, -0.25) is 10.1 Å². The molecular formula is C11H17N3O3. The predicted octanol–water partition coefficient (Wildman–Crippen LogP) is 2.47. The highest BCUT2D eigenvalue weighted by Gasteiger charge is 2.20. The second kappa shape index (κ2) is 5.93. The van der Waals surface area contributed by atoms with Crippen molar-refractivity contribution < 1.29 is 9.66 Å². The van der Waals surface area contributed by atoms with Crippen molar-refractivity contribution in [2.75, 3.05) is 31.3 Å². The molecule has 0 saturated heterocycles. The molecule has 6 heteroatoms. The molecule has 2 N–H and O–H groups in total. The first-order valence-electron chi connectivity index (χ1n) is 5.44. The van der Waals surface area contributed by atoms with E-state index in [1.807, 2.05) is 6.92 Å². The molecule has 0 aromatic heterocycles. The van der Waals surface area contributed by atoms with E-state index in [4.69, 9.17) is 4.74 Å². The monoisotopic (exact) mass is 239 g/mol. The molecule has 0 atom stereocenters. The smallest absolute Gasteiger partial charge is 0.315 e. The second-order valence-electron chi connectivity index (χ2n) is 3.47. The Hall–Kier alpha value is -1.98. The van der Waals surface area contributed by atoms with Crippen molar-refractivity contribution in [1.29, 1.82) is 0 Å². The van der Waals surface area contributed by atoms with Gasteiger partial charge in [-0.25, -0.2) is 0 Å². The molecule has 6 nitrogen and oxygen atoms in total. The van der Waals surface area contributed by atoms with E-state index in [1.54, 1.807) is 26.2 Å². The number of ether oxygens (including phenoxy) is 1. The number of hydrogen-bond acceptors (Lipinski definition) is 5. The fourth-order valence-corrected chi connectivity index (χ4v) is 1.49. The summed E-state index contributed by atoms with van der Waals surface area (Å²) < 4.78 is 5.47. The minimum Gasteiger partial charge on any atom is -0.493 e. The zero-order valence-corrected chi connectivity index (χ0v) is 10.2. The van der Waals surface area contributed by atoms with Crippen LogP contribution >= 0.6 is 0 Å². The molecule has 17 heavy (non-hydrogen) atoms. The number of nitrogens with one attached hydrogen (secondary N) is 2. The average molecular weight is 239 g/mol. The van der Waals surface area contributed by atoms with E-state index < -0.39 is 4.92 Å². The van der Waals surface area contributed by atoms with Crippen molar-refractivity contribution in [3.05, 3.63) is 22.2 Å². The van der Waals surface area contributed by atoms with Crippen LogP contribution in [-0.2, 0) is 0 Å². The summed E-state index contributed by atoms with van der Waals surface area (Å²) in [5, 5.41) is 16.6. The van der Waals surface area contributed by atoms with Gasteiger partial charge in [0.15, 0.2) is 0 Å². The van der Waals surface area contributed by atoms with E-state index in [0.29, 0.717) is 23.7 Å². The quantitative estimate of drug-likeness (QED) is 0.589. The molecule has 0 unspecified atom stereocenters. The molecule has 0 fully saturated rings. The molecule has 94 valence electrons. The molecule has 0 bridgehead atoms. The van der Waals surface area contributed by atoms with Crippen molar-refractivity contribution in [3.63, 3.8) is 0 Å². The van der Waals surface area contributed by atoms with Crippen LogP contribution in [0.4, 0.5) is 17.1 Å². The lowest BCUT2D eigenvalue weighted by molar-refractivity contribution is -0.383. The van der Waals surface area contributed by atoms with E-state index in [0.717, 1.165) is 6.42 Å². The Kier molecular flexibility index (Phi) is 4.56. The largest absolute Gasteiger partial charge is 0.493 e. The summed E-state index contributed by atoms with van der Waals surface area (Å²) in [7, 11) is 3.29. The molecule has 1 aromatic carbocycles. The first-order valence-corrected chi connectivity index (χ1v) is 5.44. The van der Waals surface area contributed by atoms with Crippen molar-refractivity contribution in [1.82, 2.24) is 0 Å². The highest BCUT2D eigenvalue weighted by Crippen LogP contribution is 2.36. The van der Waals surface area contributed by atoms with E-state index in [2.05, 4.69) is 10.6 Å². The van der Waals surface area contributed by atoms with Crippen LogP contribution in [0, 0.1) is 10.1 Å². The summed E-state index contributed by atoms with van der Waals surface area (Å²) in [6.45, 7) is 2.59. The minimum atomic E-state index is -0.415. The molecule has 0 spiro atoms. The molecule has 0 aliphatic heterocycles. The number of rotatable bonds is 6. The van der Waals surface area contributed by atoms with Gasteiger partial charge < -0.3 is 15.4 Å². The number of nitro groups is 1. The number of benzene rings is 1. The van der Waals surface area contributed by atoms with Gasteiger partial charge in [0.1, 0.15) is 17.1 Å². The van der Waals surface area contributed by atoms with Crippen LogP contribution < -0.4 is 15.4 Å². The normalized spacial score (nSPS) is 9.82. The van der Waals surface area contributed by atoms with Gasteiger partial charge in [0.05, 0.1) is 11.5 Å². The van der Waals surface area contributed by atoms with E-state index in [9.17, 15) is 10.1 Å². The second-order valence-corrected chi connectivity index (χ2v) is 3.47. The SMILES string of the molecule is CCCOc1cc(NC)c([N+](=O)[O-])c(NC)c1. The van der Waals surface area contributed by atoms with Gasteiger partial charge in [0, 0.05) is 26.2 Å². The Morgan fingerprint density at radius 3 is 2.18 bits per heavy atom. The maximum absolute atomic E-state index is 11.0. The van der Waals surface area contributed by atoms with Gasteiger partial charge in [-0.05, 0) is 6.42 Å². The molecule has 0 radical (unpaired) electrons. The lowest BCUT2D eigenvalue weighted by atomic mass is 10.2. The summed E-state index contributed by atoms with van der Waals surface area (Å²) in [6, 6.07) is 3.27. The standard InChI is InChI=1S/C11H17N3O3/c1-4-5-17-8-6-9(12-2)11(14(15)16)10(7-8)13-3/h6-7,12-13H,4-5H2,1-3H3. The number of hydrogen-bond donors (Lipinski definition) is 2. The van der Waals surface area contributed by atoms with Gasteiger partial charge in [-0.2, -0.15) is 0 Å². The van der Waals surface area contributed by atoms with Crippen molar-refractivity contribution in [2.24, 2.45) is 0 Å². The van der Waals surface area contributed by atoms with Crippen LogP contribution in [0.15, 0.2) is 12.1 Å². The summed E-state index contributed by atoms with van der Waals surface area (Å²) in [4.78, 5) is 10.6. The van der Waals surface area contributed by atoms with E-state index >= 15 is 0 Å². The molecule has 0 saturated carbocycles.